The number of nitrogens with zero attached hydrogens (tertiary/aromatic N) is 1. The molecule has 1 aromatic carbocycles. The molecule has 0 aliphatic heterocycles. The largest absolute Gasteiger partial charge is 0.326 e. The van der Waals surface area contributed by atoms with Gasteiger partial charge in [0.05, 0.1) is 4.90 Å². The number of anilines is 2. The zero-order chi connectivity index (χ0) is 18.3. The Bertz CT molecular complexity index is 772. The summed E-state index contributed by atoms with van der Waals surface area (Å²) in [5.41, 5.74) is 0.591. The Kier molecular flexibility index (Phi) is 6.95. The fraction of sp³-hybridized carbons (Fsp3) is 0.412. The molecule has 0 aliphatic carbocycles. The number of rotatable bonds is 9. The highest BCUT2D eigenvalue weighted by atomic mass is 32.2. The monoisotopic (exact) mass is 381 g/mol. The number of hydrogen-bond donors (Lipinski definition) is 2. The number of aromatic nitrogens is 1. The Morgan fingerprint density at radius 1 is 1.24 bits per heavy atom. The number of amides is 1. The molecule has 1 heterocycles. The SMILES string of the molecule is CCCC[C@H](CC)C(=O)Nc1ccc(S(=O)(=O)Nc2nccs2)cc1. The van der Waals surface area contributed by atoms with Gasteiger partial charge >= 0.3 is 0 Å². The maximum Gasteiger partial charge on any atom is 0.263 e. The molecule has 2 N–H and O–H groups in total. The number of benzene rings is 1. The summed E-state index contributed by atoms with van der Waals surface area (Å²) in [5.74, 6) is -0.0394. The van der Waals surface area contributed by atoms with Gasteiger partial charge in [-0.25, -0.2) is 13.4 Å². The summed E-state index contributed by atoms with van der Waals surface area (Å²) < 4.78 is 27.0. The second-order valence-electron chi connectivity index (χ2n) is 5.70. The minimum Gasteiger partial charge on any atom is -0.326 e. The zero-order valence-electron chi connectivity index (χ0n) is 14.4. The van der Waals surface area contributed by atoms with Gasteiger partial charge in [-0.05, 0) is 37.1 Å². The van der Waals surface area contributed by atoms with Crippen LogP contribution >= 0.6 is 11.3 Å². The standard InChI is InChI=1S/C17H23N3O3S2/c1-3-5-6-13(4-2)16(21)19-14-7-9-15(10-8-14)25(22,23)20-17-18-11-12-24-17/h7-13H,3-6H2,1-2H3,(H,18,20)(H,19,21)/t13-/m0/s1. The van der Waals surface area contributed by atoms with E-state index < -0.39 is 10.0 Å². The van der Waals surface area contributed by atoms with Crippen molar-refractivity contribution >= 4 is 38.1 Å². The summed E-state index contributed by atoms with van der Waals surface area (Å²) >= 11 is 1.21. The van der Waals surface area contributed by atoms with E-state index in [0.717, 1.165) is 25.7 Å². The first-order chi connectivity index (χ1) is 12.0. The van der Waals surface area contributed by atoms with E-state index in [1.807, 2.05) is 6.92 Å². The van der Waals surface area contributed by atoms with Crippen LogP contribution in [0.2, 0.25) is 0 Å². The number of thiazole rings is 1. The smallest absolute Gasteiger partial charge is 0.263 e. The average Bonchev–Trinajstić information content (AvgIpc) is 3.08. The lowest BCUT2D eigenvalue weighted by Crippen LogP contribution is -2.22. The van der Waals surface area contributed by atoms with Gasteiger partial charge < -0.3 is 5.32 Å². The minimum atomic E-state index is -3.68. The van der Waals surface area contributed by atoms with E-state index >= 15 is 0 Å². The molecule has 0 saturated heterocycles. The molecule has 1 atom stereocenters. The van der Waals surface area contributed by atoms with Crippen molar-refractivity contribution in [3.63, 3.8) is 0 Å². The molecule has 2 aromatic rings. The van der Waals surface area contributed by atoms with Crippen molar-refractivity contribution in [3.8, 4) is 0 Å². The van der Waals surface area contributed by atoms with Crippen LogP contribution in [-0.2, 0) is 14.8 Å². The quantitative estimate of drug-likeness (QED) is 0.684. The maximum atomic E-state index is 12.3. The normalized spacial score (nSPS) is 12.6. The van der Waals surface area contributed by atoms with Crippen LogP contribution in [0.15, 0.2) is 40.7 Å². The average molecular weight is 382 g/mol. The second-order valence-corrected chi connectivity index (χ2v) is 8.28. The second kappa shape index (κ2) is 8.96. The molecule has 0 unspecified atom stereocenters. The molecule has 6 nitrogen and oxygen atoms in total. The maximum absolute atomic E-state index is 12.3. The van der Waals surface area contributed by atoms with Crippen molar-refractivity contribution < 1.29 is 13.2 Å². The van der Waals surface area contributed by atoms with Crippen molar-refractivity contribution in [2.45, 2.75) is 44.4 Å². The van der Waals surface area contributed by atoms with E-state index in [9.17, 15) is 13.2 Å². The highest BCUT2D eigenvalue weighted by Crippen LogP contribution is 2.21. The van der Waals surface area contributed by atoms with Gasteiger partial charge in [-0.1, -0.05) is 26.7 Å². The summed E-state index contributed by atoms with van der Waals surface area (Å²) in [6, 6.07) is 6.14. The Morgan fingerprint density at radius 2 is 1.96 bits per heavy atom. The van der Waals surface area contributed by atoms with Crippen molar-refractivity contribution in [1.29, 1.82) is 0 Å². The minimum absolute atomic E-state index is 0.0186. The summed E-state index contributed by atoms with van der Waals surface area (Å²) in [4.78, 5) is 16.3. The predicted octanol–water partition coefficient (Wildman–Crippen LogP) is 4.10. The predicted molar refractivity (Wildman–Crippen MR) is 101 cm³/mol. The molecule has 8 heteroatoms. The number of hydrogen-bond acceptors (Lipinski definition) is 5. The summed E-state index contributed by atoms with van der Waals surface area (Å²) in [5, 5.41) is 4.87. The summed E-state index contributed by atoms with van der Waals surface area (Å²) in [6.07, 6.45) is 5.26. The molecule has 0 radical (unpaired) electrons. The van der Waals surface area contributed by atoms with E-state index in [1.165, 1.54) is 29.7 Å². The lowest BCUT2D eigenvalue weighted by Gasteiger charge is -2.14. The third-order valence-electron chi connectivity index (χ3n) is 3.86. The molecule has 1 aromatic heterocycles. The first-order valence-electron chi connectivity index (χ1n) is 8.29. The number of carbonyl (C=O) groups excluding carboxylic acids is 1. The van der Waals surface area contributed by atoms with Crippen LogP contribution in [-0.4, -0.2) is 19.3 Å². The Hall–Kier alpha value is -1.93. The lowest BCUT2D eigenvalue weighted by atomic mass is 9.98. The highest BCUT2D eigenvalue weighted by molar-refractivity contribution is 7.93. The van der Waals surface area contributed by atoms with Crippen molar-refractivity contribution in [2.75, 3.05) is 10.0 Å². The van der Waals surface area contributed by atoms with Gasteiger partial charge in [0, 0.05) is 23.2 Å². The van der Waals surface area contributed by atoms with Crippen LogP contribution in [0.4, 0.5) is 10.8 Å². The third kappa shape index (κ3) is 5.54. The van der Waals surface area contributed by atoms with Gasteiger partial charge in [0.25, 0.3) is 10.0 Å². The van der Waals surface area contributed by atoms with E-state index in [2.05, 4.69) is 21.9 Å². The fourth-order valence-corrected chi connectivity index (χ4v) is 4.17. The number of sulfonamides is 1. The Morgan fingerprint density at radius 3 is 2.52 bits per heavy atom. The third-order valence-corrected chi connectivity index (χ3v) is 6.03. The lowest BCUT2D eigenvalue weighted by molar-refractivity contribution is -0.120. The van der Waals surface area contributed by atoms with Crippen molar-refractivity contribution in [1.82, 2.24) is 4.98 Å². The van der Waals surface area contributed by atoms with Crippen LogP contribution in [0.3, 0.4) is 0 Å². The van der Waals surface area contributed by atoms with Gasteiger partial charge in [0.2, 0.25) is 5.91 Å². The molecular formula is C17H23N3O3S2. The van der Waals surface area contributed by atoms with Gasteiger partial charge in [-0.15, -0.1) is 11.3 Å². The van der Waals surface area contributed by atoms with Crippen LogP contribution in [0.1, 0.15) is 39.5 Å². The van der Waals surface area contributed by atoms with Crippen molar-refractivity contribution in [3.05, 3.63) is 35.8 Å². The Balaban J connectivity index is 2.02. The highest BCUT2D eigenvalue weighted by Gasteiger charge is 2.18. The molecule has 0 fully saturated rings. The summed E-state index contributed by atoms with van der Waals surface area (Å²) in [6.45, 7) is 4.10. The zero-order valence-corrected chi connectivity index (χ0v) is 16.0. The van der Waals surface area contributed by atoms with Gasteiger partial charge in [-0.2, -0.15) is 0 Å². The van der Waals surface area contributed by atoms with Crippen LogP contribution in [0.25, 0.3) is 0 Å². The van der Waals surface area contributed by atoms with E-state index in [-0.39, 0.29) is 16.7 Å². The van der Waals surface area contributed by atoms with Crippen LogP contribution in [0.5, 0.6) is 0 Å². The first kappa shape index (κ1) is 19.4. The topological polar surface area (TPSA) is 88.2 Å². The van der Waals surface area contributed by atoms with Gasteiger partial charge in [0.15, 0.2) is 5.13 Å². The molecule has 0 bridgehead atoms. The molecule has 0 aliphatic rings. The number of unbranched alkanes of at least 4 members (excludes halogenated alkanes) is 1. The molecule has 0 spiro atoms. The summed E-state index contributed by atoms with van der Waals surface area (Å²) in [7, 11) is -3.68. The molecule has 136 valence electrons. The van der Waals surface area contributed by atoms with E-state index in [1.54, 1.807) is 17.5 Å². The first-order valence-corrected chi connectivity index (χ1v) is 10.7. The number of nitrogens with one attached hydrogen (secondary N) is 2. The molecule has 2 rings (SSSR count). The molecule has 0 saturated carbocycles. The molecule has 1 amide bonds. The number of carbonyl (C=O) groups is 1. The van der Waals surface area contributed by atoms with Crippen molar-refractivity contribution in [2.24, 2.45) is 5.92 Å². The van der Waals surface area contributed by atoms with Crippen LogP contribution in [0, 0.1) is 5.92 Å². The van der Waals surface area contributed by atoms with Gasteiger partial charge in [0.1, 0.15) is 0 Å². The van der Waals surface area contributed by atoms with Gasteiger partial charge in [-0.3, -0.25) is 9.52 Å². The van der Waals surface area contributed by atoms with E-state index in [4.69, 9.17) is 0 Å². The van der Waals surface area contributed by atoms with E-state index in [0.29, 0.717) is 10.8 Å². The molecule has 25 heavy (non-hydrogen) atoms. The van der Waals surface area contributed by atoms with Crippen LogP contribution < -0.4 is 10.0 Å². The Labute approximate surface area is 152 Å². The fourth-order valence-electron chi connectivity index (χ4n) is 2.38. The molecular weight excluding hydrogens is 358 g/mol.